The zero-order valence-corrected chi connectivity index (χ0v) is 53.2. The fourth-order valence-corrected chi connectivity index (χ4v) is 8.99. The SMILES string of the molecule is CC/C=C\C/C=C\C/C=C\C/C=C\C/C=C\C/C=C\C/C=C\C/C=C\CCCCC(=O)OCC(COC(=O)CCCCCCC/C=C\CCCCCCC)OC(=O)CCCCCCCCCC/C=C\C/C=C\C/C=C\CCCCCCC. The summed E-state index contributed by atoms with van der Waals surface area (Å²) >= 11 is 0. The minimum Gasteiger partial charge on any atom is -0.462 e. The Balaban J connectivity index is 4.47. The number of hydrogen-bond acceptors (Lipinski definition) is 6. The molecular weight excluding hydrogens is 1010 g/mol. The lowest BCUT2D eigenvalue weighted by Crippen LogP contribution is -2.30. The van der Waals surface area contributed by atoms with Crippen molar-refractivity contribution in [3.63, 3.8) is 0 Å². The molecular formula is C76H124O6. The van der Waals surface area contributed by atoms with Crippen LogP contribution in [0.3, 0.4) is 0 Å². The van der Waals surface area contributed by atoms with E-state index >= 15 is 0 Å². The first kappa shape index (κ1) is 77.3. The van der Waals surface area contributed by atoms with E-state index in [9.17, 15) is 14.4 Å². The van der Waals surface area contributed by atoms with Crippen molar-refractivity contribution >= 4 is 17.9 Å². The molecule has 0 aliphatic heterocycles. The number of esters is 3. The molecule has 0 amide bonds. The van der Waals surface area contributed by atoms with Gasteiger partial charge in [-0.3, -0.25) is 14.4 Å². The van der Waals surface area contributed by atoms with Gasteiger partial charge in [0, 0.05) is 19.3 Å². The molecule has 82 heavy (non-hydrogen) atoms. The molecule has 0 aliphatic rings. The van der Waals surface area contributed by atoms with Crippen molar-refractivity contribution in [3.8, 4) is 0 Å². The van der Waals surface area contributed by atoms with Crippen molar-refractivity contribution in [2.75, 3.05) is 13.2 Å². The fraction of sp³-hybridized carbons (Fsp3) is 0.645. The van der Waals surface area contributed by atoms with E-state index in [0.717, 1.165) is 135 Å². The zero-order valence-electron chi connectivity index (χ0n) is 53.2. The minimum absolute atomic E-state index is 0.104. The highest BCUT2D eigenvalue weighted by molar-refractivity contribution is 5.71. The van der Waals surface area contributed by atoms with E-state index < -0.39 is 6.10 Å². The summed E-state index contributed by atoms with van der Waals surface area (Å²) in [5.74, 6) is -0.962. The van der Waals surface area contributed by atoms with Crippen LogP contribution in [0.2, 0.25) is 0 Å². The number of hydrogen-bond donors (Lipinski definition) is 0. The zero-order chi connectivity index (χ0) is 59.2. The number of carbonyl (C=O) groups is 3. The van der Waals surface area contributed by atoms with Gasteiger partial charge in [0.2, 0.25) is 0 Å². The molecule has 0 fully saturated rings. The highest BCUT2D eigenvalue weighted by atomic mass is 16.6. The standard InChI is InChI=1S/C76H124O6/c1-4-7-10-13-16-19-22-25-28-30-32-34-36-37-38-39-41-42-44-46-48-51-54-57-60-63-66-69-75(78)81-72-73(71-80-74(77)68-65-62-59-56-53-50-27-24-21-18-15-12-9-6-3)82-76(79)70-67-64-61-58-55-52-49-47-45-43-40-35-33-31-29-26-23-20-17-14-11-8-5-2/h7,10,16,19,23-28,31-34,37-38,40-43,46,48,54,57,73H,4-6,8-9,11-15,17-18,20-22,29-30,35-36,39,44-45,47,49-53,55-56,58-72H2,1-3H3/b10-7-,19-16-,26-23-,27-24-,28-25-,33-31-,34-32-,38-37-,42-41-,43-40-,48-46-,57-54-. The molecule has 0 radical (unpaired) electrons. The summed E-state index contributed by atoms with van der Waals surface area (Å²) in [4.78, 5) is 38.4. The third-order valence-electron chi connectivity index (χ3n) is 14.0. The van der Waals surface area contributed by atoms with Crippen molar-refractivity contribution in [1.29, 1.82) is 0 Å². The van der Waals surface area contributed by atoms with Gasteiger partial charge >= 0.3 is 17.9 Å². The monoisotopic (exact) mass is 1130 g/mol. The van der Waals surface area contributed by atoms with E-state index in [-0.39, 0.29) is 31.1 Å². The topological polar surface area (TPSA) is 78.9 Å². The number of ether oxygens (including phenoxy) is 3. The molecule has 0 bridgehead atoms. The largest absolute Gasteiger partial charge is 0.462 e. The summed E-state index contributed by atoms with van der Waals surface area (Å²) in [5.41, 5.74) is 0. The molecule has 0 spiro atoms. The lowest BCUT2D eigenvalue weighted by molar-refractivity contribution is -0.167. The Labute approximate surface area is 506 Å². The second-order valence-electron chi connectivity index (χ2n) is 22.0. The number of unbranched alkanes of at least 4 members (excludes halogenated alkanes) is 25. The second-order valence-corrected chi connectivity index (χ2v) is 22.0. The van der Waals surface area contributed by atoms with Crippen LogP contribution in [0.1, 0.15) is 297 Å². The van der Waals surface area contributed by atoms with Gasteiger partial charge in [-0.05, 0) is 148 Å². The molecule has 0 aromatic rings. The van der Waals surface area contributed by atoms with Crippen LogP contribution in [0.15, 0.2) is 146 Å². The summed E-state index contributed by atoms with van der Waals surface area (Å²) in [6.45, 7) is 6.47. The Kier molecular flexibility index (Phi) is 64.8. The van der Waals surface area contributed by atoms with Crippen molar-refractivity contribution in [1.82, 2.24) is 0 Å². The molecule has 464 valence electrons. The molecule has 6 heteroatoms. The molecule has 6 nitrogen and oxygen atoms in total. The van der Waals surface area contributed by atoms with Crippen molar-refractivity contribution in [2.24, 2.45) is 0 Å². The quantitative estimate of drug-likeness (QED) is 0.0261. The summed E-state index contributed by atoms with van der Waals surface area (Å²) < 4.78 is 16.9. The van der Waals surface area contributed by atoms with Crippen LogP contribution in [-0.2, 0) is 28.6 Å². The lowest BCUT2D eigenvalue weighted by Gasteiger charge is -2.18. The fourth-order valence-electron chi connectivity index (χ4n) is 8.99. The van der Waals surface area contributed by atoms with E-state index in [2.05, 4.69) is 167 Å². The molecule has 0 aromatic carbocycles. The van der Waals surface area contributed by atoms with E-state index in [4.69, 9.17) is 14.2 Å². The second kappa shape index (κ2) is 68.8. The van der Waals surface area contributed by atoms with Gasteiger partial charge in [-0.2, -0.15) is 0 Å². The van der Waals surface area contributed by atoms with E-state index in [1.54, 1.807) is 0 Å². The summed E-state index contributed by atoms with van der Waals surface area (Å²) in [7, 11) is 0. The van der Waals surface area contributed by atoms with Gasteiger partial charge in [-0.1, -0.05) is 276 Å². The van der Waals surface area contributed by atoms with Crippen LogP contribution < -0.4 is 0 Å². The van der Waals surface area contributed by atoms with Gasteiger partial charge in [0.05, 0.1) is 0 Å². The third-order valence-corrected chi connectivity index (χ3v) is 14.0. The van der Waals surface area contributed by atoms with Crippen molar-refractivity contribution in [3.05, 3.63) is 146 Å². The smallest absolute Gasteiger partial charge is 0.306 e. The van der Waals surface area contributed by atoms with Crippen LogP contribution in [0.4, 0.5) is 0 Å². The summed E-state index contributed by atoms with van der Waals surface area (Å²) in [6.07, 6.45) is 98.5. The number of carbonyl (C=O) groups excluding carboxylic acids is 3. The van der Waals surface area contributed by atoms with Gasteiger partial charge in [0.1, 0.15) is 13.2 Å². The molecule has 0 rings (SSSR count). The maximum Gasteiger partial charge on any atom is 0.306 e. The lowest BCUT2D eigenvalue weighted by atomic mass is 10.1. The first-order valence-corrected chi connectivity index (χ1v) is 33.8. The van der Waals surface area contributed by atoms with Crippen LogP contribution >= 0.6 is 0 Å². The predicted molar refractivity (Wildman–Crippen MR) is 357 cm³/mol. The molecule has 0 saturated heterocycles. The van der Waals surface area contributed by atoms with E-state index in [0.29, 0.717) is 25.7 Å². The van der Waals surface area contributed by atoms with E-state index in [1.807, 2.05) is 0 Å². The highest BCUT2D eigenvalue weighted by Crippen LogP contribution is 2.15. The highest BCUT2D eigenvalue weighted by Gasteiger charge is 2.19. The van der Waals surface area contributed by atoms with Crippen LogP contribution in [0, 0.1) is 0 Å². The number of allylic oxidation sites excluding steroid dienone is 24. The summed E-state index contributed by atoms with van der Waals surface area (Å²) in [6, 6.07) is 0. The van der Waals surface area contributed by atoms with E-state index in [1.165, 1.54) is 116 Å². The maximum absolute atomic E-state index is 12.9. The number of rotatable bonds is 60. The van der Waals surface area contributed by atoms with Gasteiger partial charge < -0.3 is 14.2 Å². The molecule has 0 saturated carbocycles. The molecule has 0 heterocycles. The van der Waals surface area contributed by atoms with Crippen molar-refractivity contribution < 1.29 is 28.6 Å². The predicted octanol–water partition coefficient (Wildman–Crippen LogP) is 23.5. The van der Waals surface area contributed by atoms with Crippen LogP contribution in [0.5, 0.6) is 0 Å². The molecule has 0 aliphatic carbocycles. The third kappa shape index (κ3) is 66.1. The Morgan fingerprint density at radius 3 is 0.780 bits per heavy atom. The normalized spacial score (nSPS) is 13.1. The average Bonchev–Trinajstić information content (AvgIpc) is 3.48. The van der Waals surface area contributed by atoms with Crippen LogP contribution in [-0.4, -0.2) is 37.2 Å². The molecule has 1 atom stereocenters. The minimum atomic E-state index is -0.812. The van der Waals surface area contributed by atoms with Gasteiger partial charge in [0.15, 0.2) is 6.10 Å². The first-order chi connectivity index (χ1) is 40.5. The Hall–Kier alpha value is -4.71. The molecule has 0 aromatic heterocycles. The molecule has 1 unspecified atom stereocenters. The average molecular weight is 1130 g/mol. The maximum atomic E-state index is 12.9. The van der Waals surface area contributed by atoms with Gasteiger partial charge in [0.25, 0.3) is 0 Å². The Morgan fingerprint density at radius 2 is 0.476 bits per heavy atom. The van der Waals surface area contributed by atoms with Gasteiger partial charge in [-0.15, -0.1) is 0 Å². The Bertz CT molecular complexity index is 1780. The first-order valence-electron chi connectivity index (χ1n) is 33.8. The summed E-state index contributed by atoms with van der Waals surface area (Å²) in [5, 5.41) is 0. The Morgan fingerprint density at radius 1 is 0.256 bits per heavy atom. The van der Waals surface area contributed by atoms with Crippen LogP contribution in [0.25, 0.3) is 0 Å². The van der Waals surface area contributed by atoms with Crippen molar-refractivity contribution in [2.45, 2.75) is 303 Å². The molecule has 0 N–H and O–H groups in total. The van der Waals surface area contributed by atoms with Gasteiger partial charge in [-0.25, -0.2) is 0 Å².